The van der Waals surface area contributed by atoms with Gasteiger partial charge < -0.3 is 24.1 Å². The van der Waals surface area contributed by atoms with Crippen molar-refractivity contribution in [1.82, 2.24) is 0 Å². The number of hydrogen-bond donors (Lipinski definition) is 1. The van der Waals surface area contributed by atoms with Gasteiger partial charge in [0.05, 0.1) is 43.1 Å². The molecule has 9 heteroatoms. The van der Waals surface area contributed by atoms with Crippen LogP contribution in [0.1, 0.15) is 326 Å². The first-order valence-electron chi connectivity index (χ1n) is 30.5. The molecule has 0 fully saturated rings. The minimum Gasteiger partial charge on any atom is -0.506 e. The minimum atomic E-state index is -0.815. The van der Waals surface area contributed by atoms with E-state index in [0.29, 0.717) is 24.8 Å². The highest BCUT2D eigenvalue weighted by molar-refractivity contribution is 6.08. The zero-order valence-electron chi connectivity index (χ0n) is 47.2. The molecule has 2 aromatic carbocycles. The Morgan fingerprint density at radius 1 is 0.315 bits per heavy atom. The molecule has 2 aromatic rings. The molecule has 416 valence electrons. The molecule has 0 spiro atoms. The van der Waals surface area contributed by atoms with Gasteiger partial charge in [-0.3, -0.25) is 0 Å². The number of esters is 4. The molecule has 0 aromatic heterocycles. The Labute approximate surface area is 445 Å². The van der Waals surface area contributed by atoms with Gasteiger partial charge in [-0.2, -0.15) is 0 Å². The van der Waals surface area contributed by atoms with Gasteiger partial charge >= 0.3 is 23.9 Å². The maximum atomic E-state index is 13.9. The van der Waals surface area contributed by atoms with Crippen molar-refractivity contribution in [2.24, 2.45) is 0 Å². The topological polar surface area (TPSA) is 125 Å². The summed E-state index contributed by atoms with van der Waals surface area (Å²) in [6.45, 7) is 9.73. The van der Waals surface area contributed by atoms with Gasteiger partial charge in [0.2, 0.25) is 0 Å². The van der Waals surface area contributed by atoms with Crippen LogP contribution < -0.4 is 0 Å². The zero-order chi connectivity index (χ0) is 52.8. The highest BCUT2D eigenvalue weighted by Crippen LogP contribution is 2.37. The normalized spacial score (nSPS) is 11.2. The van der Waals surface area contributed by atoms with Gasteiger partial charge in [0.1, 0.15) is 11.3 Å². The van der Waals surface area contributed by atoms with Crippen LogP contribution in [0.25, 0.3) is 11.1 Å². The molecule has 0 radical (unpaired) electrons. The lowest BCUT2D eigenvalue weighted by Gasteiger charge is -2.16. The Morgan fingerprint density at radius 3 is 0.904 bits per heavy atom. The van der Waals surface area contributed by atoms with E-state index in [2.05, 4.69) is 27.7 Å². The molecule has 0 bridgehead atoms. The summed E-state index contributed by atoms with van der Waals surface area (Å²) in [4.78, 5) is 55.1. The Hall–Kier alpha value is -3.88. The van der Waals surface area contributed by atoms with Crippen LogP contribution in [0.2, 0.25) is 0 Å². The van der Waals surface area contributed by atoms with E-state index < -0.39 is 29.6 Å². The maximum absolute atomic E-state index is 13.9. The molecule has 0 atom stereocenters. The second-order valence-electron chi connectivity index (χ2n) is 20.9. The number of aromatic hydroxyl groups is 1. The smallest absolute Gasteiger partial charge is 0.342 e. The van der Waals surface area contributed by atoms with Crippen molar-refractivity contribution >= 4 is 23.9 Å². The lowest BCUT2D eigenvalue weighted by Crippen LogP contribution is -2.16. The second-order valence-corrected chi connectivity index (χ2v) is 20.9. The van der Waals surface area contributed by atoms with Crippen molar-refractivity contribution in [1.29, 1.82) is 0 Å². The van der Waals surface area contributed by atoms with Crippen LogP contribution >= 0.6 is 0 Å². The number of unbranched alkanes of at least 4 members (excludes halogenated alkanes) is 36. The van der Waals surface area contributed by atoms with Crippen molar-refractivity contribution < 1.29 is 43.2 Å². The largest absolute Gasteiger partial charge is 0.506 e. The predicted molar refractivity (Wildman–Crippen MR) is 302 cm³/mol. The molecule has 0 aliphatic carbocycles. The average molecular weight is 1020 g/mol. The molecular formula is C64H106O9. The summed E-state index contributed by atoms with van der Waals surface area (Å²) < 4.78 is 23.0. The number of phenolic OH excluding ortho intramolecular Hbond substituents is 1. The molecule has 0 saturated carbocycles. The first-order valence-corrected chi connectivity index (χ1v) is 30.5. The van der Waals surface area contributed by atoms with Gasteiger partial charge in [0.25, 0.3) is 0 Å². The number of phenols is 1. The predicted octanol–water partition coefficient (Wildman–Crippen LogP) is 19.4. The van der Waals surface area contributed by atoms with Gasteiger partial charge in [-0.15, -0.1) is 0 Å². The number of carbonyl (C=O) groups is 4. The van der Waals surface area contributed by atoms with Crippen molar-refractivity contribution in [2.75, 3.05) is 26.4 Å². The first kappa shape index (κ1) is 65.2. The second kappa shape index (κ2) is 45.5. The number of carbonyl (C=O) groups excluding carboxylic acids is 4. The van der Waals surface area contributed by atoms with Crippen LogP contribution in [-0.2, 0) is 18.9 Å². The molecular weight excluding hydrogens is 913 g/mol. The molecule has 9 nitrogen and oxygen atoms in total. The van der Waals surface area contributed by atoms with E-state index in [4.69, 9.17) is 18.9 Å². The van der Waals surface area contributed by atoms with E-state index in [0.717, 1.165) is 77.0 Å². The van der Waals surface area contributed by atoms with Crippen LogP contribution in [-0.4, -0.2) is 55.4 Å². The quantitative estimate of drug-likeness (QED) is 0.0392. The van der Waals surface area contributed by atoms with E-state index >= 15 is 0 Å². The fraction of sp³-hybridized carbons (Fsp3) is 0.750. The van der Waals surface area contributed by atoms with Gasteiger partial charge in [0, 0.05) is 5.56 Å². The lowest BCUT2D eigenvalue weighted by atomic mass is 9.94. The summed E-state index contributed by atoms with van der Waals surface area (Å²) in [5.41, 5.74) is 0.302. The van der Waals surface area contributed by atoms with Gasteiger partial charge in [-0.25, -0.2) is 19.2 Å². The van der Waals surface area contributed by atoms with Crippen molar-refractivity contribution in [2.45, 2.75) is 285 Å². The summed E-state index contributed by atoms with van der Waals surface area (Å²) in [7, 11) is 0. The van der Waals surface area contributed by atoms with Crippen LogP contribution in [0.4, 0.5) is 0 Å². The molecule has 1 N–H and O–H groups in total. The van der Waals surface area contributed by atoms with E-state index in [9.17, 15) is 24.3 Å². The van der Waals surface area contributed by atoms with Crippen molar-refractivity contribution in [3.8, 4) is 16.9 Å². The molecule has 2 rings (SSSR count). The Bertz CT molecular complexity index is 1720. The van der Waals surface area contributed by atoms with Gasteiger partial charge in [-0.1, -0.05) is 265 Å². The molecule has 0 heterocycles. The molecule has 73 heavy (non-hydrogen) atoms. The standard InChI is InChI=1S/C64H106O9/c1-5-9-13-17-21-25-29-33-37-41-49-70-61(66)56-46-45-54(53-58(56)63(68)72-51-43-39-35-31-27-23-19-15-11-7-3)55-47-48-57(62(67)71-50-42-38-34-30-26-22-18-14-10-6-2)59(60(55)65)64(69)73-52-44-40-36-32-28-24-20-16-12-8-4/h45-48,53,65H,5-44,49-52H2,1-4H3. The van der Waals surface area contributed by atoms with Crippen LogP contribution in [0.15, 0.2) is 30.3 Å². The summed E-state index contributed by atoms with van der Waals surface area (Å²) in [6, 6.07) is 7.67. The monoisotopic (exact) mass is 1020 g/mol. The van der Waals surface area contributed by atoms with E-state index in [1.165, 1.54) is 179 Å². The molecule has 0 aliphatic heterocycles. The maximum Gasteiger partial charge on any atom is 0.342 e. The number of rotatable bonds is 49. The third-order valence-electron chi connectivity index (χ3n) is 14.3. The molecule has 0 unspecified atom stereocenters. The SMILES string of the molecule is CCCCCCCCCCCCOC(=O)c1ccc(-c2ccc(C(=O)OCCCCCCCCCCCC)c(C(=O)OCCCCCCCCCCCC)c2O)cc1C(=O)OCCCCCCCCCCCC. The average Bonchev–Trinajstić information content (AvgIpc) is 3.39. The minimum absolute atomic E-state index is 0.0158. The van der Waals surface area contributed by atoms with Gasteiger partial charge in [-0.05, 0) is 55.5 Å². The van der Waals surface area contributed by atoms with Crippen LogP contribution in [0.3, 0.4) is 0 Å². The number of ether oxygens (including phenoxy) is 4. The Morgan fingerprint density at radius 2 is 0.575 bits per heavy atom. The van der Waals surface area contributed by atoms with E-state index in [1.807, 2.05) is 0 Å². The van der Waals surface area contributed by atoms with E-state index in [-0.39, 0.29) is 54.2 Å². The molecule has 0 amide bonds. The molecule has 0 aliphatic rings. The fourth-order valence-electron chi connectivity index (χ4n) is 9.58. The summed E-state index contributed by atoms with van der Waals surface area (Å²) >= 11 is 0. The first-order chi connectivity index (χ1) is 35.8. The molecule has 0 saturated heterocycles. The number of hydrogen-bond acceptors (Lipinski definition) is 9. The lowest BCUT2D eigenvalue weighted by molar-refractivity contribution is 0.0447. The summed E-state index contributed by atoms with van der Waals surface area (Å²) in [6.07, 6.45) is 45.9. The third-order valence-corrected chi connectivity index (χ3v) is 14.3. The van der Waals surface area contributed by atoms with Crippen LogP contribution in [0.5, 0.6) is 5.75 Å². The fourth-order valence-corrected chi connectivity index (χ4v) is 9.58. The van der Waals surface area contributed by atoms with Crippen LogP contribution in [0, 0.1) is 0 Å². The summed E-state index contributed by atoms with van der Waals surface area (Å²) in [5.74, 6) is -3.26. The van der Waals surface area contributed by atoms with Gasteiger partial charge in [0.15, 0.2) is 0 Å². The zero-order valence-corrected chi connectivity index (χ0v) is 47.2. The van der Waals surface area contributed by atoms with Crippen molar-refractivity contribution in [3.63, 3.8) is 0 Å². The Kier molecular flexibility index (Phi) is 40.7. The highest BCUT2D eigenvalue weighted by Gasteiger charge is 2.28. The number of benzene rings is 2. The van der Waals surface area contributed by atoms with Crippen molar-refractivity contribution in [3.05, 3.63) is 52.6 Å². The Balaban J connectivity index is 2.25. The summed E-state index contributed by atoms with van der Waals surface area (Å²) in [5, 5.41) is 12.0. The highest BCUT2D eigenvalue weighted by atomic mass is 16.5. The third kappa shape index (κ3) is 30.9. The van der Waals surface area contributed by atoms with E-state index in [1.54, 1.807) is 12.1 Å².